The molecule has 0 bridgehead atoms. The van der Waals surface area contributed by atoms with E-state index in [1.165, 1.54) is 0 Å². The van der Waals surface area contributed by atoms with Gasteiger partial charge in [-0.3, -0.25) is 0 Å². The minimum absolute atomic E-state index is 0.0485. The molecule has 1 unspecified atom stereocenters. The molecular weight excluding hydrogens is 156 g/mol. The second-order valence-electron chi connectivity index (χ2n) is 2.63. The van der Waals surface area contributed by atoms with E-state index in [9.17, 15) is 9.59 Å². The van der Waals surface area contributed by atoms with Gasteiger partial charge in [0.25, 0.3) is 0 Å². The van der Waals surface area contributed by atoms with E-state index in [2.05, 4.69) is 6.58 Å². The molecular formula is C9H14O3. The van der Waals surface area contributed by atoms with Crippen molar-refractivity contribution in [3.05, 3.63) is 12.7 Å². The third kappa shape index (κ3) is 5.65. The van der Waals surface area contributed by atoms with Gasteiger partial charge in [0.05, 0.1) is 6.61 Å². The molecule has 12 heavy (non-hydrogen) atoms. The Balaban J connectivity index is 3.26. The van der Waals surface area contributed by atoms with Crippen molar-refractivity contribution in [2.24, 2.45) is 5.92 Å². The van der Waals surface area contributed by atoms with Crippen LogP contribution in [-0.2, 0) is 14.3 Å². The lowest BCUT2D eigenvalue weighted by atomic mass is 10.1. The highest BCUT2D eigenvalue weighted by molar-refractivity contribution is 5.81. The van der Waals surface area contributed by atoms with Gasteiger partial charge in [0.1, 0.15) is 6.29 Å². The number of ether oxygens (including phenoxy) is 1. The van der Waals surface area contributed by atoms with Gasteiger partial charge < -0.3 is 9.53 Å². The van der Waals surface area contributed by atoms with Crippen molar-refractivity contribution in [1.82, 2.24) is 0 Å². The van der Waals surface area contributed by atoms with Crippen LogP contribution in [0.3, 0.4) is 0 Å². The predicted octanol–water partition coefficient (Wildman–Crippen LogP) is 1.33. The first-order valence-corrected chi connectivity index (χ1v) is 3.95. The monoisotopic (exact) mass is 170 g/mol. The Morgan fingerprint density at radius 1 is 1.67 bits per heavy atom. The smallest absolute Gasteiger partial charge is 0.330 e. The molecule has 0 aliphatic carbocycles. The molecule has 0 N–H and O–H groups in total. The fourth-order valence-corrected chi connectivity index (χ4v) is 0.705. The van der Waals surface area contributed by atoms with Gasteiger partial charge in [-0.1, -0.05) is 13.5 Å². The van der Waals surface area contributed by atoms with E-state index in [4.69, 9.17) is 4.74 Å². The Kier molecular flexibility index (Phi) is 5.97. The van der Waals surface area contributed by atoms with Crippen molar-refractivity contribution in [2.75, 3.05) is 6.61 Å². The summed E-state index contributed by atoms with van der Waals surface area (Å²) in [4.78, 5) is 20.7. The van der Waals surface area contributed by atoms with Crippen LogP contribution in [0.5, 0.6) is 0 Å². The fourth-order valence-electron chi connectivity index (χ4n) is 0.705. The molecule has 0 fully saturated rings. The van der Waals surface area contributed by atoms with Crippen molar-refractivity contribution in [3.63, 3.8) is 0 Å². The maximum atomic E-state index is 10.5. The fraction of sp³-hybridized carbons (Fsp3) is 0.556. The lowest BCUT2D eigenvalue weighted by Gasteiger charge is -2.03. The number of rotatable bonds is 6. The summed E-state index contributed by atoms with van der Waals surface area (Å²) in [5.74, 6) is -0.360. The normalized spacial score (nSPS) is 11.8. The van der Waals surface area contributed by atoms with E-state index in [1.807, 2.05) is 6.92 Å². The van der Waals surface area contributed by atoms with Gasteiger partial charge in [0.15, 0.2) is 0 Å². The van der Waals surface area contributed by atoms with Gasteiger partial charge in [-0.15, -0.1) is 0 Å². The van der Waals surface area contributed by atoms with Gasteiger partial charge in [-0.05, 0) is 12.8 Å². The van der Waals surface area contributed by atoms with Crippen LogP contribution in [0.2, 0.25) is 0 Å². The van der Waals surface area contributed by atoms with Gasteiger partial charge in [0.2, 0.25) is 0 Å². The standard InChI is InChI=1S/C9H14O3/c1-3-9(11)12-6-4-5-8(2)7-10/h3,7-8H,1,4-6H2,2H3. The summed E-state index contributed by atoms with van der Waals surface area (Å²) < 4.78 is 4.71. The molecule has 0 aliphatic heterocycles. The average molecular weight is 170 g/mol. The predicted molar refractivity (Wildman–Crippen MR) is 45.6 cm³/mol. The molecule has 1 atom stereocenters. The number of carbonyl (C=O) groups is 2. The maximum absolute atomic E-state index is 10.5. The molecule has 0 saturated heterocycles. The number of hydrogen-bond acceptors (Lipinski definition) is 3. The summed E-state index contributed by atoms with van der Waals surface area (Å²) in [6, 6.07) is 0. The average Bonchev–Trinajstić information content (AvgIpc) is 2.11. The van der Waals surface area contributed by atoms with Crippen LogP contribution >= 0.6 is 0 Å². The number of esters is 1. The first kappa shape index (κ1) is 10.9. The Morgan fingerprint density at radius 3 is 2.83 bits per heavy atom. The minimum Gasteiger partial charge on any atom is -0.463 e. The molecule has 0 saturated carbocycles. The topological polar surface area (TPSA) is 43.4 Å². The zero-order valence-electron chi connectivity index (χ0n) is 7.29. The Morgan fingerprint density at radius 2 is 2.33 bits per heavy atom. The van der Waals surface area contributed by atoms with E-state index in [0.29, 0.717) is 6.61 Å². The summed E-state index contributed by atoms with van der Waals surface area (Å²) in [6.07, 6.45) is 3.51. The molecule has 3 nitrogen and oxygen atoms in total. The highest BCUT2D eigenvalue weighted by atomic mass is 16.5. The first-order chi connectivity index (χ1) is 5.70. The van der Waals surface area contributed by atoms with Crippen molar-refractivity contribution < 1.29 is 14.3 Å². The third-order valence-corrected chi connectivity index (χ3v) is 1.45. The van der Waals surface area contributed by atoms with E-state index in [-0.39, 0.29) is 5.92 Å². The van der Waals surface area contributed by atoms with Crippen LogP contribution in [-0.4, -0.2) is 18.9 Å². The van der Waals surface area contributed by atoms with Crippen molar-refractivity contribution in [1.29, 1.82) is 0 Å². The maximum Gasteiger partial charge on any atom is 0.330 e. The largest absolute Gasteiger partial charge is 0.463 e. The third-order valence-electron chi connectivity index (χ3n) is 1.45. The number of carbonyl (C=O) groups excluding carboxylic acids is 2. The Labute approximate surface area is 72.4 Å². The molecule has 0 aromatic carbocycles. The summed E-state index contributed by atoms with van der Waals surface area (Å²) in [5.41, 5.74) is 0. The molecule has 0 radical (unpaired) electrons. The van der Waals surface area contributed by atoms with Crippen molar-refractivity contribution in [3.8, 4) is 0 Å². The van der Waals surface area contributed by atoms with Crippen LogP contribution in [0, 0.1) is 5.92 Å². The molecule has 3 heteroatoms. The lowest BCUT2D eigenvalue weighted by Crippen LogP contribution is -2.04. The molecule has 0 aliphatic rings. The van der Waals surface area contributed by atoms with Crippen LogP contribution in [0.4, 0.5) is 0 Å². The summed E-state index contributed by atoms with van der Waals surface area (Å²) in [7, 11) is 0. The van der Waals surface area contributed by atoms with E-state index in [0.717, 1.165) is 25.2 Å². The van der Waals surface area contributed by atoms with Crippen molar-refractivity contribution in [2.45, 2.75) is 19.8 Å². The highest BCUT2D eigenvalue weighted by Gasteiger charge is 2.00. The quantitative estimate of drug-likeness (QED) is 0.261. The molecule has 0 aromatic heterocycles. The summed E-state index contributed by atoms with van der Waals surface area (Å²) in [6.45, 7) is 5.46. The van der Waals surface area contributed by atoms with Gasteiger partial charge in [-0.2, -0.15) is 0 Å². The SMILES string of the molecule is C=CC(=O)OCCCC(C)C=O. The molecule has 68 valence electrons. The van der Waals surface area contributed by atoms with Gasteiger partial charge in [0, 0.05) is 12.0 Å². The zero-order chi connectivity index (χ0) is 9.40. The van der Waals surface area contributed by atoms with Crippen LogP contribution in [0.15, 0.2) is 12.7 Å². The minimum atomic E-state index is -0.409. The van der Waals surface area contributed by atoms with E-state index in [1.54, 1.807) is 0 Å². The van der Waals surface area contributed by atoms with Crippen molar-refractivity contribution >= 4 is 12.3 Å². The highest BCUT2D eigenvalue weighted by Crippen LogP contribution is 2.01. The molecule has 0 aromatic rings. The second kappa shape index (κ2) is 6.58. The van der Waals surface area contributed by atoms with Crippen LogP contribution in [0.25, 0.3) is 0 Å². The molecule has 0 heterocycles. The van der Waals surface area contributed by atoms with Crippen LogP contribution < -0.4 is 0 Å². The second-order valence-corrected chi connectivity index (χ2v) is 2.63. The Hall–Kier alpha value is -1.12. The first-order valence-electron chi connectivity index (χ1n) is 3.95. The number of hydrogen-bond donors (Lipinski definition) is 0. The van der Waals surface area contributed by atoms with Gasteiger partial charge >= 0.3 is 5.97 Å². The summed E-state index contributed by atoms with van der Waals surface area (Å²) in [5, 5.41) is 0. The lowest BCUT2D eigenvalue weighted by molar-refractivity contribution is -0.137. The van der Waals surface area contributed by atoms with E-state index < -0.39 is 5.97 Å². The molecule has 0 amide bonds. The van der Waals surface area contributed by atoms with E-state index >= 15 is 0 Å². The Bertz CT molecular complexity index is 163. The van der Waals surface area contributed by atoms with Crippen LogP contribution in [0.1, 0.15) is 19.8 Å². The number of aldehydes is 1. The van der Waals surface area contributed by atoms with Gasteiger partial charge in [-0.25, -0.2) is 4.79 Å². The molecule has 0 rings (SSSR count). The molecule has 0 spiro atoms. The zero-order valence-corrected chi connectivity index (χ0v) is 7.29. The summed E-state index contributed by atoms with van der Waals surface area (Å²) >= 11 is 0.